The number of aryl methyl sites for hydroxylation is 2. The standard InChI is InChI=1S/C28H28N6OS/c1-19-8-3-4-10-22(19)31-25(35)14-17-33-27(26(32-28(33)36)23-11-5-6-16-30-23)24-13-12-20(2)34(24)21-9-7-15-29-18-21/h3-13,15-16,18,26-27H,14,17H2,1-2H3,(H,31,35)(H,32,36)/t26-,27+/m1/s1. The Morgan fingerprint density at radius 3 is 2.61 bits per heavy atom. The summed E-state index contributed by atoms with van der Waals surface area (Å²) in [6.45, 7) is 4.53. The molecule has 2 N–H and O–H groups in total. The fraction of sp³-hybridized carbons (Fsp3) is 0.214. The van der Waals surface area contributed by atoms with Crippen LogP contribution in [0.15, 0.2) is 85.3 Å². The third-order valence-electron chi connectivity index (χ3n) is 6.51. The van der Waals surface area contributed by atoms with Crippen molar-refractivity contribution in [1.82, 2.24) is 24.8 Å². The van der Waals surface area contributed by atoms with Crippen LogP contribution in [0.5, 0.6) is 0 Å². The van der Waals surface area contributed by atoms with Gasteiger partial charge in [0.05, 0.1) is 29.7 Å². The third kappa shape index (κ3) is 4.72. The minimum atomic E-state index is -0.164. The van der Waals surface area contributed by atoms with Crippen molar-refractivity contribution >= 4 is 28.9 Å². The molecule has 1 aliphatic rings. The molecule has 0 spiro atoms. The molecule has 1 saturated heterocycles. The second-order valence-corrected chi connectivity index (χ2v) is 9.27. The average Bonchev–Trinajstić information content (AvgIpc) is 3.44. The first-order valence-electron chi connectivity index (χ1n) is 11.9. The summed E-state index contributed by atoms with van der Waals surface area (Å²) in [6, 6.07) is 21.5. The minimum Gasteiger partial charge on any atom is -0.352 e. The Morgan fingerprint density at radius 2 is 1.86 bits per heavy atom. The number of nitrogens with zero attached hydrogens (tertiary/aromatic N) is 4. The maximum atomic E-state index is 12.9. The van der Waals surface area contributed by atoms with E-state index in [2.05, 4.69) is 49.1 Å². The molecule has 0 unspecified atom stereocenters. The van der Waals surface area contributed by atoms with Gasteiger partial charge in [-0.15, -0.1) is 0 Å². The number of hydrogen-bond donors (Lipinski definition) is 2. The van der Waals surface area contributed by atoms with Crippen molar-refractivity contribution in [3.8, 4) is 5.69 Å². The van der Waals surface area contributed by atoms with Crippen LogP contribution in [0.4, 0.5) is 5.69 Å². The van der Waals surface area contributed by atoms with E-state index in [9.17, 15) is 4.79 Å². The van der Waals surface area contributed by atoms with E-state index in [-0.39, 0.29) is 18.0 Å². The van der Waals surface area contributed by atoms with E-state index in [1.807, 2.05) is 67.7 Å². The van der Waals surface area contributed by atoms with Gasteiger partial charge in [0.25, 0.3) is 0 Å². The van der Waals surface area contributed by atoms with Crippen LogP contribution in [0, 0.1) is 13.8 Å². The van der Waals surface area contributed by atoms with Crippen LogP contribution in [-0.4, -0.2) is 37.0 Å². The summed E-state index contributed by atoms with van der Waals surface area (Å²) in [4.78, 5) is 23.9. The van der Waals surface area contributed by atoms with Crippen LogP contribution in [-0.2, 0) is 4.79 Å². The second-order valence-electron chi connectivity index (χ2n) is 8.88. The van der Waals surface area contributed by atoms with E-state index < -0.39 is 0 Å². The molecule has 1 amide bonds. The zero-order valence-electron chi connectivity index (χ0n) is 20.3. The maximum absolute atomic E-state index is 12.9. The molecule has 1 aliphatic heterocycles. The molecule has 5 rings (SSSR count). The lowest BCUT2D eigenvalue weighted by molar-refractivity contribution is -0.116. The van der Waals surface area contributed by atoms with Gasteiger partial charge in [0.1, 0.15) is 0 Å². The van der Waals surface area contributed by atoms with Gasteiger partial charge in [0, 0.05) is 42.4 Å². The van der Waals surface area contributed by atoms with Gasteiger partial charge in [0.15, 0.2) is 5.11 Å². The third-order valence-corrected chi connectivity index (χ3v) is 6.86. The predicted molar refractivity (Wildman–Crippen MR) is 145 cm³/mol. The van der Waals surface area contributed by atoms with Crippen molar-refractivity contribution < 1.29 is 4.79 Å². The average molecular weight is 497 g/mol. The number of para-hydroxylation sites is 1. The van der Waals surface area contributed by atoms with Crippen molar-refractivity contribution in [2.24, 2.45) is 0 Å². The van der Waals surface area contributed by atoms with Crippen LogP contribution in [0.2, 0.25) is 0 Å². The number of benzene rings is 1. The first-order valence-corrected chi connectivity index (χ1v) is 12.4. The van der Waals surface area contributed by atoms with Crippen LogP contribution < -0.4 is 10.6 Å². The summed E-state index contributed by atoms with van der Waals surface area (Å²) in [5.74, 6) is -0.0500. The van der Waals surface area contributed by atoms with Crippen LogP contribution in [0.3, 0.4) is 0 Å². The molecule has 7 nitrogen and oxygen atoms in total. The molecule has 0 aliphatic carbocycles. The highest BCUT2D eigenvalue weighted by atomic mass is 32.1. The summed E-state index contributed by atoms with van der Waals surface area (Å²) in [7, 11) is 0. The molecule has 3 aromatic heterocycles. The lowest BCUT2D eigenvalue weighted by Crippen LogP contribution is -2.33. The Kier molecular flexibility index (Phi) is 6.77. The number of amides is 1. The molecule has 0 saturated carbocycles. The van der Waals surface area contributed by atoms with Gasteiger partial charge in [0.2, 0.25) is 5.91 Å². The molecule has 1 fully saturated rings. The van der Waals surface area contributed by atoms with Gasteiger partial charge in [-0.3, -0.25) is 14.8 Å². The van der Waals surface area contributed by atoms with Crippen LogP contribution in [0.25, 0.3) is 5.69 Å². The topological polar surface area (TPSA) is 75.1 Å². The van der Waals surface area contributed by atoms with E-state index in [1.54, 1.807) is 12.4 Å². The van der Waals surface area contributed by atoms with Gasteiger partial charge in [-0.2, -0.15) is 0 Å². The number of pyridine rings is 2. The SMILES string of the molecule is Cc1ccccc1NC(=O)CCN1C(=S)N[C@H](c2ccccn2)[C@@H]1c1ccc(C)n1-c1cccnc1. The minimum absolute atomic E-state index is 0.0500. The highest BCUT2D eigenvalue weighted by Crippen LogP contribution is 2.40. The van der Waals surface area contributed by atoms with E-state index in [4.69, 9.17) is 12.2 Å². The molecule has 4 aromatic rings. The molecule has 36 heavy (non-hydrogen) atoms. The number of thiocarbonyl (C=S) groups is 1. The molecule has 1 aromatic carbocycles. The van der Waals surface area contributed by atoms with Gasteiger partial charge in [-0.1, -0.05) is 24.3 Å². The molecule has 2 atom stereocenters. The zero-order chi connectivity index (χ0) is 25.1. The molecule has 0 radical (unpaired) electrons. The van der Waals surface area contributed by atoms with E-state index >= 15 is 0 Å². The van der Waals surface area contributed by atoms with E-state index in [1.165, 1.54) is 0 Å². The van der Waals surface area contributed by atoms with Gasteiger partial charge >= 0.3 is 0 Å². The molecule has 0 bridgehead atoms. The maximum Gasteiger partial charge on any atom is 0.226 e. The summed E-state index contributed by atoms with van der Waals surface area (Å²) >= 11 is 5.80. The fourth-order valence-corrected chi connectivity index (χ4v) is 5.08. The van der Waals surface area contributed by atoms with Crippen LogP contribution >= 0.6 is 12.2 Å². The molecular weight excluding hydrogens is 468 g/mol. The summed E-state index contributed by atoms with van der Waals surface area (Å²) in [5.41, 5.74) is 5.88. The van der Waals surface area contributed by atoms with Crippen LogP contribution in [0.1, 0.15) is 41.1 Å². The number of aromatic nitrogens is 3. The number of carbonyl (C=O) groups is 1. The normalized spacial score (nSPS) is 17.2. The molecule has 8 heteroatoms. The number of carbonyl (C=O) groups excluding carboxylic acids is 1. The smallest absolute Gasteiger partial charge is 0.226 e. The Morgan fingerprint density at radius 1 is 1.03 bits per heavy atom. The predicted octanol–water partition coefficient (Wildman–Crippen LogP) is 4.89. The Balaban J connectivity index is 1.47. The molecular formula is C28H28N6OS. The second kappa shape index (κ2) is 10.3. The highest BCUT2D eigenvalue weighted by Gasteiger charge is 2.41. The largest absolute Gasteiger partial charge is 0.352 e. The van der Waals surface area contributed by atoms with Crippen molar-refractivity contribution in [2.45, 2.75) is 32.4 Å². The summed E-state index contributed by atoms with van der Waals surface area (Å²) in [5, 5.41) is 7.11. The van der Waals surface area contributed by atoms with E-state index in [0.717, 1.165) is 34.0 Å². The number of rotatable bonds is 7. The van der Waals surface area contributed by atoms with Crippen molar-refractivity contribution in [1.29, 1.82) is 0 Å². The Bertz CT molecular complexity index is 1370. The monoisotopic (exact) mass is 496 g/mol. The van der Waals surface area contributed by atoms with Crippen molar-refractivity contribution in [3.63, 3.8) is 0 Å². The highest BCUT2D eigenvalue weighted by molar-refractivity contribution is 7.80. The Labute approximate surface area is 216 Å². The summed E-state index contributed by atoms with van der Waals surface area (Å²) < 4.78 is 2.20. The van der Waals surface area contributed by atoms with Gasteiger partial charge < -0.3 is 20.1 Å². The summed E-state index contributed by atoms with van der Waals surface area (Å²) in [6.07, 6.45) is 5.71. The number of nitrogens with one attached hydrogen (secondary N) is 2. The number of hydrogen-bond acceptors (Lipinski definition) is 4. The Hall–Kier alpha value is -4.04. The van der Waals surface area contributed by atoms with Gasteiger partial charge in [-0.05, 0) is 74.1 Å². The number of anilines is 1. The van der Waals surface area contributed by atoms with Crippen molar-refractivity contribution in [3.05, 3.63) is 108 Å². The van der Waals surface area contributed by atoms with E-state index in [0.29, 0.717) is 18.1 Å². The van der Waals surface area contributed by atoms with Crippen molar-refractivity contribution in [2.75, 3.05) is 11.9 Å². The van der Waals surface area contributed by atoms with Gasteiger partial charge in [-0.25, -0.2) is 0 Å². The first-order chi connectivity index (χ1) is 17.5. The lowest BCUT2D eigenvalue weighted by atomic mass is 10.0. The molecule has 182 valence electrons. The quantitative estimate of drug-likeness (QED) is 0.355. The lowest BCUT2D eigenvalue weighted by Gasteiger charge is -2.29. The zero-order valence-corrected chi connectivity index (χ0v) is 21.1. The first kappa shape index (κ1) is 23.7. The fourth-order valence-electron chi connectivity index (χ4n) is 4.74. The molecule has 4 heterocycles.